The van der Waals surface area contributed by atoms with E-state index in [-0.39, 0.29) is 11.3 Å². The Bertz CT molecular complexity index is 902. The van der Waals surface area contributed by atoms with Crippen LogP contribution in [0.15, 0.2) is 60.0 Å². The summed E-state index contributed by atoms with van der Waals surface area (Å²) in [6, 6.07) is 9.85. The van der Waals surface area contributed by atoms with Crippen LogP contribution in [0, 0.1) is 0 Å². The summed E-state index contributed by atoms with van der Waals surface area (Å²) >= 11 is 1.44. The van der Waals surface area contributed by atoms with Crippen LogP contribution in [0.1, 0.15) is 22.9 Å². The Balaban J connectivity index is 1.98. The van der Waals surface area contributed by atoms with Crippen molar-refractivity contribution in [1.29, 1.82) is 0 Å². The quantitative estimate of drug-likeness (QED) is 0.223. The number of carbonyl (C=O) groups excluding carboxylic acids is 2. The molecule has 0 aliphatic carbocycles. The average Bonchev–Trinajstić information content (AvgIpc) is 3.35. The van der Waals surface area contributed by atoms with Crippen LogP contribution in [0.25, 0.3) is 5.76 Å². The zero-order chi connectivity index (χ0) is 20.8. The van der Waals surface area contributed by atoms with Gasteiger partial charge in [-0.05, 0) is 42.1 Å². The first-order valence-electron chi connectivity index (χ1n) is 9.23. The van der Waals surface area contributed by atoms with E-state index in [1.807, 2.05) is 17.5 Å². The molecule has 152 valence electrons. The maximum absolute atomic E-state index is 12.8. The summed E-state index contributed by atoms with van der Waals surface area (Å²) in [6.45, 7) is 4.82. The number of nitrogens with zero attached hydrogens (tertiary/aromatic N) is 1. The first-order chi connectivity index (χ1) is 14.1. The molecule has 1 fully saturated rings. The molecule has 1 aromatic carbocycles. The third kappa shape index (κ3) is 4.41. The number of benzene rings is 1. The number of carbonyl (C=O) groups is 2. The molecule has 2 heterocycles. The Kier molecular flexibility index (Phi) is 6.85. The highest BCUT2D eigenvalue weighted by atomic mass is 32.1. The lowest BCUT2D eigenvalue weighted by Gasteiger charge is -2.23. The summed E-state index contributed by atoms with van der Waals surface area (Å²) in [6.07, 6.45) is 2.24. The van der Waals surface area contributed by atoms with Gasteiger partial charge in [-0.2, -0.15) is 0 Å². The molecule has 1 aliphatic rings. The van der Waals surface area contributed by atoms with Crippen molar-refractivity contribution >= 4 is 28.8 Å². The van der Waals surface area contributed by atoms with Crippen LogP contribution in [0.5, 0.6) is 5.75 Å². The number of thiophene rings is 1. The molecule has 3 rings (SSSR count). The van der Waals surface area contributed by atoms with E-state index in [4.69, 9.17) is 9.47 Å². The SMILES string of the molecule is C=CCOc1ccc(C(O)=C2C(=O)C(=O)N(CCCOC)C2c2cccs2)cc1. The molecule has 1 N–H and O–H groups in total. The van der Waals surface area contributed by atoms with Crippen molar-refractivity contribution in [3.05, 3.63) is 70.4 Å². The van der Waals surface area contributed by atoms with Gasteiger partial charge in [0, 0.05) is 30.7 Å². The summed E-state index contributed by atoms with van der Waals surface area (Å²) in [5.41, 5.74) is 0.557. The van der Waals surface area contributed by atoms with E-state index in [9.17, 15) is 14.7 Å². The highest BCUT2D eigenvalue weighted by Crippen LogP contribution is 2.41. The van der Waals surface area contributed by atoms with E-state index < -0.39 is 17.7 Å². The molecular formula is C22H23NO5S. The molecule has 0 radical (unpaired) electrons. The number of amides is 1. The van der Waals surface area contributed by atoms with Gasteiger partial charge in [0.25, 0.3) is 11.7 Å². The number of Topliss-reactive ketones (excluding diaryl/α,β-unsaturated/α-hetero) is 1. The second kappa shape index (κ2) is 9.54. The van der Waals surface area contributed by atoms with Crippen LogP contribution in [-0.2, 0) is 14.3 Å². The zero-order valence-electron chi connectivity index (χ0n) is 16.2. The van der Waals surface area contributed by atoms with E-state index in [2.05, 4.69) is 6.58 Å². The van der Waals surface area contributed by atoms with Crippen molar-refractivity contribution in [2.75, 3.05) is 26.9 Å². The summed E-state index contributed by atoms with van der Waals surface area (Å²) < 4.78 is 10.5. The van der Waals surface area contributed by atoms with Crippen LogP contribution >= 0.6 is 11.3 Å². The van der Waals surface area contributed by atoms with Gasteiger partial charge < -0.3 is 19.5 Å². The van der Waals surface area contributed by atoms with Crippen molar-refractivity contribution in [2.24, 2.45) is 0 Å². The Labute approximate surface area is 173 Å². The van der Waals surface area contributed by atoms with Gasteiger partial charge >= 0.3 is 0 Å². The number of aliphatic hydroxyl groups is 1. The number of ketones is 1. The summed E-state index contributed by atoms with van der Waals surface area (Å²) in [7, 11) is 1.59. The fourth-order valence-corrected chi connectivity index (χ4v) is 4.10. The molecule has 0 saturated carbocycles. The van der Waals surface area contributed by atoms with Crippen molar-refractivity contribution in [3.8, 4) is 5.75 Å². The minimum absolute atomic E-state index is 0.106. The molecule has 6 nitrogen and oxygen atoms in total. The number of hydrogen-bond donors (Lipinski definition) is 1. The highest BCUT2D eigenvalue weighted by molar-refractivity contribution is 7.10. The summed E-state index contributed by atoms with van der Waals surface area (Å²) in [5.74, 6) is -0.847. The van der Waals surface area contributed by atoms with Gasteiger partial charge in [0.1, 0.15) is 18.1 Å². The number of rotatable bonds is 9. The first kappa shape index (κ1) is 20.8. The minimum Gasteiger partial charge on any atom is -0.507 e. The maximum Gasteiger partial charge on any atom is 0.295 e. The molecule has 0 bridgehead atoms. The largest absolute Gasteiger partial charge is 0.507 e. The maximum atomic E-state index is 12.8. The highest BCUT2D eigenvalue weighted by Gasteiger charge is 2.46. The zero-order valence-corrected chi connectivity index (χ0v) is 17.0. The van der Waals surface area contributed by atoms with E-state index in [1.165, 1.54) is 16.2 Å². The number of methoxy groups -OCH3 is 1. The lowest BCUT2D eigenvalue weighted by molar-refractivity contribution is -0.140. The third-order valence-corrected chi connectivity index (χ3v) is 5.52. The Morgan fingerprint density at radius 2 is 2.03 bits per heavy atom. The fourth-order valence-electron chi connectivity index (χ4n) is 3.25. The van der Waals surface area contributed by atoms with Gasteiger partial charge in [-0.15, -0.1) is 11.3 Å². The molecule has 1 saturated heterocycles. The molecule has 2 aromatic rings. The molecule has 0 spiro atoms. The van der Waals surface area contributed by atoms with Crippen molar-refractivity contribution in [2.45, 2.75) is 12.5 Å². The van der Waals surface area contributed by atoms with Gasteiger partial charge in [0.2, 0.25) is 0 Å². The van der Waals surface area contributed by atoms with Crippen LogP contribution < -0.4 is 4.74 Å². The van der Waals surface area contributed by atoms with E-state index in [1.54, 1.807) is 37.5 Å². The Morgan fingerprint density at radius 3 is 2.66 bits per heavy atom. The Hall–Kier alpha value is -2.90. The third-order valence-electron chi connectivity index (χ3n) is 4.60. The second-order valence-electron chi connectivity index (χ2n) is 6.48. The average molecular weight is 413 g/mol. The first-order valence-corrected chi connectivity index (χ1v) is 10.1. The normalized spacial score (nSPS) is 18.2. The topological polar surface area (TPSA) is 76.1 Å². The predicted molar refractivity (Wildman–Crippen MR) is 112 cm³/mol. The van der Waals surface area contributed by atoms with Gasteiger partial charge in [-0.25, -0.2) is 0 Å². The number of ether oxygens (including phenoxy) is 2. The fraction of sp³-hybridized carbons (Fsp3) is 0.273. The minimum atomic E-state index is -0.676. The summed E-state index contributed by atoms with van der Waals surface area (Å²) in [4.78, 5) is 27.8. The Morgan fingerprint density at radius 1 is 1.28 bits per heavy atom. The van der Waals surface area contributed by atoms with E-state index in [0.717, 1.165) is 4.88 Å². The lowest BCUT2D eigenvalue weighted by Crippen LogP contribution is -2.31. The molecular weight excluding hydrogens is 390 g/mol. The van der Waals surface area contributed by atoms with Gasteiger partial charge in [-0.3, -0.25) is 9.59 Å². The van der Waals surface area contributed by atoms with Crippen LogP contribution in [0.4, 0.5) is 0 Å². The number of likely N-dealkylation sites (tertiary alicyclic amines) is 1. The van der Waals surface area contributed by atoms with Crippen molar-refractivity contribution < 1.29 is 24.2 Å². The van der Waals surface area contributed by atoms with Crippen molar-refractivity contribution in [1.82, 2.24) is 4.90 Å². The molecule has 1 amide bonds. The lowest BCUT2D eigenvalue weighted by atomic mass is 10.00. The molecule has 1 atom stereocenters. The van der Waals surface area contributed by atoms with Gasteiger partial charge in [-0.1, -0.05) is 18.7 Å². The molecule has 1 aromatic heterocycles. The van der Waals surface area contributed by atoms with E-state index >= 15 is 0 Å². The number of hydrogen-bond acceptors (Lipinski definition) is 6. The van der Waals surface area contributed by atoms with Crippen LogP contribution in [0.3, 0.4) is 0 Å². The van der Waals surface area contributed by atoms with Gasteiger partial charge in [0.05, 0.1) is 11.6 Å². The van der Waals surface area contributed by atoms with E-state index in [0.29, 0.717) is 37.5 Å². The van der Waals surface area contributed by atoms with Crippen LogP contribution in [0.2, 0.25) is 0 Å². The summed E-state index contributed by atoms with van der Waals surface area (Å²) in [5, 5.41) is 12.8. The monoisotopic (exact) mass is 413 g/mol. The molecule has 1 aliphatic heterocycles. The van der Waals surface area contributed by atoms with Crippen molar-refractivity contribution in [3.63, 3.8) is 0 Å². The predicted octanol–water partition coefficient (Wildman–Crippen LogP) is 3.77. The van der Waals surface area contributed by atoms with Gasteiger partial charge in [0.15, 0.2) is 0 Å². The molecule has 29 heavy (non-hydrogen) atoms. The van der Waals surface area contributed by atoms with Crippen LogP contribution in [-0.4, -0.2) is 48.6 Å². The number of aliphatic hydroxyl groups excluding tert-OH is 1. The second-order valence-corrected chi connectivity index (χ2v) is 7.46. The molecule has 7 heteroatoms. The standard InChI is InChI=1S/C22H23NO5S/c1-3-12-28-16-9-7-15(8-10-16)20(24)18-19(17-6-4-14-29-17)23(11-5-13-27-2)22(26)21(18)25/h3-4,6-10,14,19,24H,1,5,11-13H2,2H3. The molecule has 1 unspecified atom stereocenters. The smallest absolute Gasteiger partial charge is 0.295 e.